The highest BCUT2D eigenvalue weighted by atomic mass is 35.5. The van der Waals surface area contributed by atoms with Crippen molar-refractivity contribution in [1.29, 1.82) is 0 Å². The minimum atomic E-state index is -1.07. The Kier molecular flexibility index (Phi) is 8.09. The Morgan fingerprint density at radius 1 is 1.10 bits per heavy atom. The first-order valence-corrected chi connectivity index (χ1v) is 13.1. The molecule has 9 heteroatoms. The number of carbonyl (C=O) groups excluding carboxylic acids is 1. The quantitative estimate of drug-likeness (QED) is 0.222. The fourth-order valence-corrected chi connectivity index (χ4v) is 4.83. The number of benzene rings is 1. The second-order valence-electron chi connectivity index (χ2n) is 10.5. The van der Waals surface area contributed by atoms with E-state index in [1.54, 1.807) is 31.3 Å². The third-order valence-electron chi connectivity index (χ3n) is 6.53. The summed E-state index contributed by atoms with van der Waals surface area (Å²) in [5.74, 6) is -2.34. The van der Waals surface area contributed by atoms with Gasteiger partial charge in [0.05, 0.1) is 22.9 Å². The topological polar surface area (TPSA) is 66.2 Å². The number of pyridine rings is 2. The Bertz CT molecular complexity index is 1540. The van der Waals surface area contributed by atoms with Crippen LogP contribution in [0.5, 0.6) is 0 Å². The van der Waals surface area contributed by atoms with E-state index in [0.717, 1.165) is 22.7 Å². The van der Waals surface area contributed by atoms with Crippen molar-refractivity contribution in [2.24, 2.45) is 0 Å². The molecule has 3 aromatic heterocycles. The van der Waals surface area contributed by atoms with E-state index in [1.165, 1.54) is 6.07 Å². The van der Waals surface area contributed by atoms with Gasteiger partial charge in [-0.1, -0.05) is 17.7 Å². The largest absolute Gasteiger partial charge is 0.464 e. The number of halogens is 3. The first kappa shape index (κ1) is 28.6. The van der Waals surface area contributed by atoms with Gasteiger partial charge < -0.3 is 14.0 Å². The highest BCUT2D eigenvalue weighted by Gasteiger charge is 2.35. The zero-order chi connectivity index (χ0) is 28.6. The summed E-state index contributed by atoms with van der Waals surface area (Å²) in [7, 11) is 0. The Labute approximate surface area is 231 Å². The summed E-state index contributed by atoms with van der Waals surface area (Å²) < 4.78 is 41.3. The minimum absolute atomic E-state index is 0.189. The van der Waals surface area contributed by atoms with Crippen LogP contribution in [0.15, 0.2) is 36.5 Å². The molecular weight excluding hydrogens is 524 g/mol. The summed E-state index contributed by atoms with van der Waals surface area (Å²) in [5.41, 5.74) is 4.72. The zero-order valence-electron chi connectivity index (χ0n) is 23.2. The van der Waals surface area contributed by atoms with Crippen molar-refractivity contribution >= 4 is 28.6 Å². The Morgan fingerprint density at radius 2 is 1.82 bits per heavy atom. The molecule has 0 N–H and O–H groups in total. The van der Waals surface area contributed by atoms with Crippen molar-refractivity contribution in [2.45, 2.75) is 66.7 Å². The maximum Gasteiger partial charge on any atom is 0.340 e. The van der Waals surface area contributed by atoms with Gasteiger partial charge in [0.25, 0.3) is 0 Å². The molecule has 0 aliphatic rings. The van der Waals surface area contributed by atoms with Gasteiger partial charge in [-0.25, -0.2) is 18.6 Å². The minimum Gasteiger partial charge on any atom is -0.464 e. The van der Waals surface area contributed by atoms with Crippen LogP contribution in [-0.2, 0) is 20.8 Å². The van der Waals surface area contributed by atoms with Gasteiger partial charge in [-0.15, -0.1) is 0 Å². The van der Waals surface area contributed by atoms with Crippen LogP contribution in [0.1, 0.15) is 61.9 Å². The summed E-state index contributed by atoms with van der Waals surface area (Å²) in [6.45, 7) is 13.5. The van der Waals surface area contributed by atoms with E-state index in [1.807, 2.05) is 46.1 Å². The number of fused-ring (bicyclic) bond motifs is 1. The maximum absolute atomic E-state index is 14.0. The van der Waals surface area contributed by atoms with E-state index in [4.69, 9.17) is 26.1 Å². The van der Waals surface area contributed by atoms with Crippen molar-refractivity contribution in [3.05, 3.63) is 81.3 Å². The first-order valence-electron chi connectivity index (χ1n) is 12.7. The molecule has 0 aliphatic heterocycles. The molecule has 0 saturated carbocycles. The number of esters is 1. The van der Waals surface area contributed by atoms with Gasteiger partial charge in [-0.2, -0.15) is 0 Å². The summed E-state index contributed by atoms with van der Waals surface area (Å²) >= 11 is 6.17. The molecule has 0 fully saturated rings. The lowest BCUT2D eigenvalue weighted by Crippen LogP contribution is -2.30. The van der Waals surface area contributed by atoms with Gasteiger partial charge in [0.15, 0.2) is 17.7 Å². The van der Waals surface area contributed by atoms with Gasteiger partial charge in [0.1, 0.15) is 5.65 Å². The molecule has 39 heavy (non-hydrogen) atoms. The van der Waals surface area contributed by atoms with Gasteiger partial charge in [-0.05, 0) is 83.9 Å². The Morgan fingerprint density at radius 3 is 2.41 bits per heavy atom. The molecule has 0 spiro atoms. The summed E-state index contributed by atoms with van der Waals surface area (Å²) in [4.78, 5) is 22.9. The number of carbonyl (C=O) groups is 1. The lowest BCUT2D eigenvalue weighted by atomic mass is 9.93. The van der Waals surface area contributed by atoms with E-state index in [0.29, 0.717) is 38.7 Å². The van der Waals surface area contributed by atoms with Gasteiger partial charge in [0, 0.05) is 40.6 Å². The van der Waals surface area contributed by atoms with E-state index in [9.17, 15) is 13.6 Å². The number of ether oxygens (including phenoxy) is 2. The maximum atomic E-state index is 14.0. The van der Waals surface area contributed by atoms with E-state index in [2.05, 4.69) is 4.98 Å². The molecule has 6 nitrogen and oxygen atoms in total. The van der Waals surface area contributed by atoms with Crippen molar-refractivity contribution in [3.63, 3.8) is 0 Å². The standard InChI is InChI=1S/C30H32ClF2N3O3/c1-8-38-29(37)27(39-30(5,6)7)25-17(3)35-28-24(26(25)23-12-10-20(31)14-34-23)16(2)18(4)36(28)15-19-9-11-21(32)22(33)13-19/h9-14,27H,8,15H2,1-7H3/t27-/m0/s1. The molecule has 1 aromatic carbocycles. The van der Waals surface area contributed by atoms with Crippen molar-refractivity contribution in [1.82, 2.24) is 14.5 Å². The fraction of sp³-hybridized carbons (Fsp3) is 0.367. The predicted molar refractivity (Wildman–Crippen MR) is 148 cm³/mol. The van der Waals surface area contributed by atoms with Gasteiger partial charge in [-0.3, -0.25) is 4.98 Å². The number of rotatable bonds is 7. The molecular formula is C30H32ClF2N3O3. The third-order valence-corrected chi connectivity index (χ3v) is 6.75. The van der Waals surface area contributed by atoms with Crippen molar-refractivity contribution in [2.75, 3.05) is 6.61 Å². The van der Waals surface area contributed by atoms with Crippen LogP contribution in [0.4, 0.5) is 8.78 Å². The normalized spacial score (nSPS) is 12.7. The summed E-state index contributed by atoms with van der Waals surface area (Å²) in [5, 5.41) is 1.25. The molecule has 1 atom stereocenters. The van der Waals surface area contributed by atoms with Crippen LogP contribution >= 0.6 is 11.6 Å². The summed E-state index contributed by atoms with van der Waals surface area (Å²) in [6, 6.07) is 7.38. The first-order chi connectivity index (χ1) is 18.3. The Balaban J connectivity index is 2.06. The van der Waals surface area contributed by atoms with Crippen LogP contribution in [-0.4, -0.2) is 32.7 Å². The van der Waals surface area contributed by atoms with E-state index >= 15 is 0 Å². The molecule has 0 bridgehead atoms. The van der Waals surface area contributed by atoms with Crippen LogP contribution in [0, 0.1) is 32.4 Å². The van der Waals surface area contributed by atoms with E-state index in [-0.39, 0.29) is 13.2 Å². The molecule has 0 aliphatic carbocycles. The molecule has 206 valence electrons. The van der Waals surface area contributed by atoms with Crippen molar-refractivity contribution < 1.29 is 23.0 Å². The highest BCUT2D eigenvalue weighted by Crippen LogP contribution is 2.42. The second-order valence-corrected chi connectivity index (χ2v) is 10.9. The number of aromatic nitrogens is 3. The molecule has 0 amide bonds. The molecule has 3 heterocycles. The average Bonchev–Trinajstić information content (AvgIpc) is 3.08. The van der Waals surface area contributed by atoms with Crippen LogP contribution in [0.3, 0.4) is 0 Å². The molecule has 4 rings (SSSR count). The van der Waals surface area contributed by atoms with E-state index < -0.39 is 29.3 Å². The second kappa shape index (κ2) is 11.0. The number of hydrogen-bond donors (Lipinski definition) is 0. The van der Waals surface area contributed by atoms with Crippen LogP contribution in [0.2, 0.25) is 5.02 Å². The lowest BCUT2D eigenvalue weighted by molar-refractivity contribution is -0.166. The van der Waals surface area contributed by atoms with Gasteiger partial charge >= 0.3 is 5.97 Å². The van der Waals surface area contributed by atoms with Crippen LogP contribution < -0.4 is 0 Å². The van der Waals surface area contributed by atoms with Crippen molar-refractivity contribution in [3.8, 4) is 11.3 Å². The number of hydrogen-bond acceptors (Lipinski definition) is 5. The molecule has 0 unspecified atom stereocenters. The monoisotopic (exact) mass is 555 g/mol. The molecule has 0 radical (unpaired) electrons. The lowest BCUT2D eigenvalue weighted by Gasteiger charge is -2.29. The van der Waals surface area contributed by atoms with Gasteiger partial charge in [0.2, 0.25) is 0 Å². The smallest absolute Gasteiger partial charge is 0.340 e. The SMILES string of the molecule is CCOC(=O)[C@@H](OC(C)(C)C)c1c(C)nc2c(c(C)c(C)n2Cc2ccc(F)c(F)c2)c1-c1ccc(Cl)cn1. The fourth-order valence-electron chi connectivity index (χ4n) is 4.72. The third kappa shape index (κ3) is 5.82. The predicted octanol–water partition coefficient (Wildman–Crippen LogP) is 7.42. The molecule has 4 aromatic rings. The van der Waals surface area contributed by atoms with Crippen LogP contribution in [0.25, 0.3) is 22.3 Å². The molecule has 0 saturated heterocycles. The zero-order valence-corrected chi connectivity index (χ0v) is 23.9. The number of aryl methyl sites for hydroxylation is 2. The number of nitrogens with zero attached hydrogens (tertiary/aromatic N) is 3. The summed E-state index contributed by atoms with van der Waals surface area (Å²) in [6.07, 6.45) is 0.482. The Hall–Kier alpha value is -3.36. The highest BCUT2D eigenvalue weighted by molar-refractivity contribution is 6.30. The average molecular weight is 556 g/mol.